The molecule has 4 nitrogen and oxygen atoms in total. The Balaban J connectivity index is 0. The Kier molecular flexibility index (Phi) is 11.9. The molecular formula is C11H21F4NO3S. The summed E-state index contributed by atoms with van der Waals surface area (Å²) in [4.78, 5) is 0. The van der Waals surface area contributed by atoms with E-state index in [2.05, 4.69) is 6.58 Å². The molecule has 0 bridgehead atoms. The van der Waals surface area contributed by atoms with Crippen LogP contribution in [0.5, 0.6) is 0 Å². The fourth-order valence-electron chi connectivity index (χ4n) is 1.13. The first-order chi connectivity index (χ1) is 9.04. The zero-order valence-corrected chi connectivity index (χ0v) is 11.9. The molecule has 0 heterocycles. The molecule has 0 fully saturated rings. The number of hydrogen-bond donors (Lipinski definition) is 2. The standard InChI is InChI=1S/C8H14F4O3S.C3H7N/c9-7(16(13,14)15)5-3-1-2-4-6-8(10,11)12;1-2-3-4/h7H,1-6H2,(H,13,14,15);2H,1,3-4H2. The van der Waals surface area contributed by atoms with Crippen LogP contribution in [0.2, 0.25) is 0 Å². The van der Waals surface area contributed by atoms with Gasteiger partial charge in [-0.2, -0.15) is 21.6 Å². The van der Waals surface area contributed by atoms with Gasteiger partial charge in [-0.1, -0.05) is 18.9 Å². The predicted octanol–water partition coefficient (Wildman–Crippen LogP) is 3.20. The van der Waals surface area contributed by atoms with Crippen molar-refractivity contribution in [3.05, 3.63) is 12.7 Å². The first kappa shape index (κ1) is 21.6. The van der Waals surface area contributed by atoms with E-state index in [0.717, 1.165) is 0 Å². The Hall–Kier alpha value is -0.670. The summed E-state index contributed by atoms with van der Waals surface area (Å²) < 4.78 is 76.3. The molecule has 0 radical (unpaired) electrons. The van der Waals surface area contributed by atoms with Crippen LogP contribution in [0.4, 0.5) is 17.6 Å². The van der Waals surface area contributed by atoms with Crippen LogP contribution in [0.15, 0.2) is 12.7 Å². The van der Waals surface area contributed by atoms with Crippen LogP contribution in [-0.2, 0) is 10.1 Å². The summed E-state index contributed by atoms with van der Waals surface area (Å²) in [6.07, 6.45) is -3.14. The third kappa shape index (κ3) is 17.3. The Bertz CT molecular complexity index is 344. The maximum atomic E-state index is 12.6. The molecule has 0 aromatic heterocycles. The monoisotopic (exact) mass is 323 g/mol. The van der Waals surface area contributed by atoms with E-state index in [9.17, 15) is 26.0 Å². The minimum absolute atomic E-state index is 0.0493. The first-order valence-electron chi connectivity index (χ1n) is 6.02. The van der Waals surface area contributed by atoms with Crippen molar-refractivity contribution in [3.63, 3.8) is 0 Å². The summed E-state index contributed by atoms with van der Waals surface area (Å²) in [6, 6.07) is 0. The summed E-state index contributed by atoms with van der Waals surface area (Å²) in [5.74, 6) is 0. The maximum absolute atomic E-state index is 12.6. The van der Waals surface area contributed by atoms with E-state index in [1.54, 1.807) is 6.08 Å². The highest BCUT2D eigenvalue weighted by molar-refractivity contribution is 7.86. The van der Waals surface area contributed by atoms with Gasteiger partial charge in [0, 0.05) is 13.0 Å². The SMILES string of the molecule is C=CCN.O=S(=O)(O)C(F)CCCCCCC(F)(F)F. The van der Waals surface area contributed by atoms with Crippen LogP contribution in [-0.4, -0.2) is 31.2 Å². The van der Waals surface area contributed by atoms with E-state index >= 15 is 0 Å². The van der Waals surface area contributed by atoms with Crippen molar-refractivity contribution in [2.24, 2.45) is 5.73 Å². The quantitative estimate of drug-likeness (QED) is 0.311. The van der Waals surface area contributed by atoms with Gasteiger partial charge in [-0.15, -0.1) is 6.58 Å². The predicted molar refractivity (Wildman–Crippen MR) is 69.5 cm³/mol. The molecule has 1 unspecified atom stereocenters. The van der Waals surface area contributed by atoms with Crippen LogP contribution in [0.1, 0.15) is 38.5 Å². The number of rotatable bonds is 8. The van der Waals surface area contributed by atoms with Crippen LogP contribution in [0.3, 0.4) is 0 Å². The maximum Gasteiger partial charge on any atom is 0.389 e. The van der Waals surface area contributed by atoms with Gasteiger partial charge in [0.1, 0.15) is 0 Å². The molecule has 0 saturated carbocycles. The Morgan fingerprint density at radius 2 is 1.65 bits per heavy atom. The fourth-order valence-corrected chi connectivity index (χ4v) is 1.60. The van der Waals surface area contributed by atoms with Gasteiger partial charge in [-0.05, 0) is 19.3 Å². The molecule has 3 N–H and O–H groups in total. The van der Waals surface area contributed by atoms with Crippen molar-refractivity contribution in [1.29, 1.82) is 0 Å². The molecule has 122 valence electrons. The number of halogens is 4. The Labute approximate surface area is 116 Å². The molecule has 0 spiro atoms. The second-order valence-electron chi connectivity index (χ2n) is 4.02. The molecule has 0 aliphatic carbocycles. The molecule has 0 aliphatic heterocycles. The number of nitrogens with two attached hydrogens (primary N) is 1. The molecule has 9 heteroatoms. The van der Waals surface area contributed by atoms with Gasteiger partial charge < -0.3 is 5.73 Å². The molecular weight excluding hydrogens is 302 g/mol. The Morgan fingerprint density at radius 1 is 1.20 bits per heavy atom. The van der Waals surface area contributed by atoms with Crippen LogP contribution < -0.4 is 5.73 Å². The van der Waals surface area contributed by atoms with Gasteiger partial charge in [0.15, 0.2) is 0 Å². The van der Waals surface area contributed by atoms with Crippen LogP contribution >= 0.6 is 0 Å². The molecule has 0 aliphatic rings. The Morgan fingerprint density at radius 3 is 2.00 bits per heavy atom. The number of alkyl halides is 4. The van der Waals surface area contributed by atoms with Crippen LogP contribution in [0.25, 0.3) is 0 Å². The minimum Gasteiger partial charge on any atom is -0.327 e. The summed E-state index contributed by atoms with van der Waals surface area (Å²) >= 11 is 0. The normalized spacial score (nSPS) is 13.3. The minimum atomic E-state index is -4.67. The van der Waals surface area contributed by atoms with E-state index in [4.69, 9.17) is 10.3 Å². The average molecular weight is 323 g/mol. The summed E-state index contributed by atoms with van der Waals surface area (Å²) in [5.41, 5.74) is 2.57. The van der Waals surface area contributed by atoms with Crippen molar-refractivity contribution in [2.45, 2.75) is 50.2 Å². The second-order valence-corrected chi connectivity index (χ2v) is 5.56. The third-order valence-corrected chi connectivity index (χ3v) is 3.01. The lowest BCUT2D eigenvalue weighted by Gasteiger charge is -2.06. The van der Waals surface area contributed by atoms with E-state index < -0.39 is 28.2 Å². The first-order valence-corrected chi connectivity index (χ1v) is 7.53. The average Bonchev–Trinajstić information content (AvgIpc) is 2.31. The third-order valence-electron chi connectivity index (χ3n) is 2.13. The smallest absolute Gasteiger partial charge is 0.327 e. The van der Waals surface area contributed by atoms with Crippen molar-refractivity contribution < 1.29 is 30.5 Å². The lowest BCUT2D eigenvalue weighted by molar-refractivity contribution is -0.135. The van der Waals surface area contributed by atoms with Crippen LogP contribution in [0, 0.1) is 0 Å². The largest absolute Gasteiger partial charge is 0.389 e. The lowest BCUT2D eigenvalue weighted by atomic mass is 10.1. The van der Waals surface area contributed by atoms with Gasteiger partial charge in [0.2, 0.25) is 5.50 Å². The summed E-state index contributed by atoms with van der Waals surface area (Å²) in [5, 5.41) is 0. The second kappa shape index (κ2) is 11.0. The van der Waals surface area contributed by atoms with E-state index in [0.29, 0.717) is 13.0 Å². The van der Waals surface area contributed by atoms with Gasteiger partial charge in [-0.25, -0.2) is 4.39 Å². The molecule has 0 amide bonds. The molecule has 1 atom stereocenters. The topological polar surface area (TPSA) is 80.4 Å². The van der Waals surface area contributed by atoms with Gasteiger partial charge in [0.05, 0.1) is 0 Å². The zero-order valence-electron chi connectivity index (χ0n) is 11.1. The number of unbranched alkanes of at least 4 members (excludes halogenated alkanes) is 3. The molecule has 0 saturated heterocycles. The van der Waals surface area contributed by atoms with Gasteiger partial charge in [0.25, 0.3) is 10.1 Å². The number of hydrogen-bond acceptors (Lipinski definition) is 3. The van der Waals surface area contributed by atoms with E-state index in [1.807, 2.05) is 0 Å². The van der Waals surface area contributed by atoms with Gasteiger partial charge >= 0.3 is 6.18 Å². The highest BCUT2D eigenvalue weighted by atomic mass is 32.2. The zero-order chi connectivity index (χ0) is 16.2. The molecule has 0 aromatic carbocycles. The summed E-state index contributed by atoms with van der Waals surface area (Å²) in [6.45, 7) is 3.94. The lowest BCUT2D eigenvalue weighted by Crippen LogP contribution is -2.14. The molecule has 0 rings (SSSR count). The van der Waals surface area contributed by atoms with E-state index in [1.165, 1.54) is 0 Å². The highest BCUT2D eigenvalue weighted by Crippen LogP contribution is 2.23. The highest BCUT2D eigenvalue weighted by Gasteiger charge is 2.26. The van der Waals surface area contributed by atoms with Crippen molar-refractivity contribution in [1.82, 2.24) is 0 Å². The fraction of sp³-hybridized carbons (Fsp3) is 0.818. The summed E-state index contributed by atoms with van der Waals surface area (Å²) in [7, 11) is -4.67. The van der Waals surface area contributed by atoms with Crippen molar-refractivity contribution in [2.75, 3.05) is 6.54 Å². The molecule has 20 heavy (non-hydrogen) atoms. The molecule has 0 aromatic rings. The van der Waals surface area contributed by atoms with Crippen molar-refractivity contribution >= 4 is 10.1 Å². The van der Waals surface area contributed by atoms with Crippen molar-refractivity contribution in [3.8, 4) is 0 Å². The van der Waals surface area contributed by atoms with E-state index in [-0.39, 0.29) is 25.7 Å². The van der Waals surface area contributed by atoms with Gasteiger partial charge in [-0.3, -0.25) is 4.55 Å².